The molecule has 38 heavy (non-hydrogen) atoms. The predicted octanol–water partition coefficient (Wildman–Crippen LogP) is 1.94. The molecule has 0 unspecified atom stereocenters. The molecule has 2 saturated heterocycles. The van der Waals surface area contributed by atoms with Crippen molar-refractivity contribution in [3.8, 4) is 0 Å². The number of hydrogen-bond donors (Lipinski definition) is 4. The fraction of sp³-hybridized carbons (Fsp3) is 0.897. The standard InChI is InChI=1S/C29H42O9/c1-15-10-22(30)29(34)24(36-15)37-20-11-16-4-5-19-18(25(16,2)13-21(20)38-29)6-7-26(3)27(32,8-9-28(19,26)33)17-12-23(31)35-14-17/h12,15-16,18-22,24,30,32-34H,4-11,13-14H2,1-3H3/t15-,16+,18+,19-,20-,21-,22-,24+,25+,26-,27+,28+,29+/m1/s1. The van der Waals surface area contributed by atoms with Crippen LogP contribution in [-0.2, 0) is 23.7 Å². The largest absolute Gasteiger partial charge is 0.458 e. The number of aliphatic hydroxyl groups excluding tert-OH is 1. The summed E-state index contributed by atoms with van der Waals surface area (Å²) in [6, 6.07) is 0. The lowest BCUT2D eigenvalue weighted by atomic mass is 9.42. The van der Waals surface area contributed by atoms with Crippen LogP contribution in [0.1, 0.15) is 78.6 Å². The summed E-state index contributed by atoms with van der Waals surface area (Å²) in [5.74, 6) is -1.70. The number of hydrogen-bond acceptors (Lipinski definition) is 9. The normalized spacial score (nSPS) is 59.6. The Balaban J connectivity index is 1.17. The van der Waals surface area contributed by atoms with Crippen LogP contribution < -0.4 is 0 Å². The van der Waals surface area contributed by atoms with Crippen LogP contribution in [0.15, 0.2) is 11.6 Å². The topological polar surface area (TPSA) is 135 Å². The number of ether oxygens (including phenoxy) is 4. The van der Waals surface area contributed by atoms with Gasteiger partial charge in [0.15, 0.2) is 0 Å². The molecule has 13 atom stereocenters. The third kappa shape index (κ3) is 3.10. The molecule has 212 valence electrons. The molecule has 0 amide bonds. The lowest BCUT2D eigenvalue weighted by molar-refractivity contribution is -0.458. The summed E-state index contributed by atoms with van der Waals surface area (Å²) in [6.45, 7) is 6.26. The Hall–Kier alpha value is -1.07. The van der Waals surface area contributed by atoms with E-state index in [0.717, 1.165) is 25.7 Å². The van der Waals surface area contributed by atoms with Crippen LogP contribution in [0.5, 0.6) is 0 Å². The van der Waals surface area contributed by atoms with Gasteiger partial charge in [-0.1, -0.05) is 13.8 Å². The molecule has 0 aromatic carbocycles. The van der Waals surface area contributed by atoms with Crippen molar-refractivity contribution >= 4 is 5.97 Å². The summed E-state index contributed by atoms with van der Waals surface area (Å²) in [5, 5.41) is 46.4. The van der Waals surface area contributed by atoms with Crippen molar-refractivity contribution in [3.05, 3.63) is 11.6 Å². The van der Waals surface area contributed by atoms with Crippen LogP contribution in [0.2, 0.25) is 0 Å². The molecule has 9 heteroatoms. The Morgan fingerprint density at radius 1 is 0.947 bits per heavy atom. The molecular formula is C29H42O9. The van der Waals surface area contributed by atoms with E-state index in [4.69, 9.17) is 18.9 Å². The van der Waals surface area contributed by atoms with Gasteiger partial charge in [-0.25, -0.2) is 4.79 Å². The zero-order valence-corrected chi connectivity index (χ0v) is 22.6. The average molecular weight is 535 g/mol. The first-order valence-electron chi connectivity index (χ1n) is 14.6. The van der Waals surface area contributed by atoms with Gasteiger partial charge in [-0.3, -0.25) is 0 Å². The van der Waals surface area contributed by atoms with Crippen LogP contribution in [0, 0.1) is 28.6 Å². The maximum Gasteiger partial charge on any atom is 0.331 e. The first-order valence-corrected chi connectivity index (χ1v) is 14.6. The summed E-state index contributed by atoms with van der Waals surface area (Å²) in [4.78, 5) is 11.9. The second kappa shape index (κ2) is 8.02. The Kier molecular flexibility index (Phi) is 5.46. The molecule has 6 fully saturated rings. The number of rotatable bonds is 1. The molecule has 3 aliphatic heterocycles. The SMILES string of the molecule is C[C@@H]1C[C@@H](O)[C@]2(O)O[C@@H]3C[C@@]4(C)[C@@H](CC[C@@H]5[C@@H]4CC[C@]4(C)[C@@](O)(C6=CC(=O)OC6)CC[C@]54O)C[C@H]3O[C@@H]2O1. The molecule has 4 N–H and O–H groups in total. The highest BCUT2D eigenvalue weighted by molar-refractivity contribution is 5.86. The van der Waals surface area contributed by atoms with Crippen molar-refractivity contribution in [3.63, 3.8) is 0 Å². The van der Waals surface area contributed by atoms with Gasteiger partial charge in [0.1, 0.15) is 12.7 Å². The van der Waals surface area contributed by atoms with Crippen LogP contribution in [0.4, 0.5) is 0 Å². The lowest BCUT2D eigenvalue weighted by Gasteiger charge is -2.66. The number of carbonyl (C=O) groups is 1. The number of carbonyl (C=O) groups excluding carboxylic acids is 1. The maximum absolute atomic E-state index is 12.5. The summed E-state index contributed by atoms with van der Waals surface area (Å²) in [7, 11) is 0. The van der Waals surface area contributed by atoms with Crippen molar-refractivity contribution in [2.45, 2.75) is 126 Å². The molecule has 0 bridgehead atoms. The highest BCUT2D eigenvalue weighted by Gasteiger charge is 2.73. The van der Waals surface area contributed by atoms with Crippen molar-refractivity contribution in [1.29, 1.82) is 0 Å². The number of fused-ring (bicyclic) bond motifs is 7. The van der Waals surface area contributed by atoms with Gasteiger partial charge in [-0.05, 0) is 81.5 Å². The van der Waals surface area contributed by atoms with E-state index in [-0.39, 0.29) is 48.6 Å². The quantitative estimate of drug-likeness (QED) is 0.294. The van der Waals surface area contributed by atoms with Gasteiger partial charge in [0.25, 0.3) is 0 Å². The summed E-state index contributed by atoms with van der Waals surface area (Å²) in [6.07, 6.45) is 4.48. The van der Waals surface area contributed by atoms with Gasteiger partial charge in [0.2, 0.25) is 12.1 Å². The second-order valence-electron chi connectivity index (χ2n) is 14.0. The van der Waals surface area contributed by atoms with E-state index in [1.165, 1.54) is 6.08 Å². The number of cyclic esters (lactones) is 1. The van der Waals surface area contributed by atoms with Crippen LogP contribution in [0.25, 0.3) is 0 Å². The van der Waals surface area contributed by atoms with E-state index in [1.54, 1.807) is 0 Å². The maximum atomic E-state index is 12.5. The van der Waals surface area contributed by atoms with Crippen LogP contribution in [0.3, 0.4) is 0 Å². The van der Waals surface area contributed by atoms with Gasteiger partial charge < -0.3 is 39.4 Å². The fourth-order valence-corrected chi connectivity index (χ4v) is 10.3. The molecule has 4 aliphatic carbocycles. The molecule has 0 spiro atoms. The molecule has 4 saturated carbocycles. The monoisotopic (exact) mass is 534 g/mol. The van der Waals surface area contributed by atoms with Crippen LogP contribution >= 0.6 is 0 Å². The minimum Gasteiger partial charge on any atom is -0.458 e. The molecular weight excluding hydrogens is 492 g/mol. The minimum atomic E-state index is -1.88. The third-order valence-corrected chi connectivity index (χ3v) is 12.5. The smallest absolute Gasteiger partial charge is 0.331 e. The third-order valence-electron chi connectivity index (χ3n) is 12.5. The lowest BCUT2D eigenvalue weighted by Crippen LogP contribution is -2.71. The molecule has 0 aromatic heterocycles. The van der Waals surface area contributed by atoms with E-state index in [0.29, 0.717) is 37.2 Å². The summed E-state index contributed by atoms with van der Waals surface area (Å²) < 4.78 is 23.6. The fourth-order valence-electron chi connectivity index (χ4n) is 10.3. The highest BCUT2D eigenvalue weighted by Crippen LogP contribution is 2.71. The van der Waals surface area contributed by atoms with Gasteiger partial charge in [0.05, 0.1) is 29.5 Å². The average Bonchev–Trinajstić information content (AvgIpc) is 3.38. The Bertz CT molecular complexity index is 1060. The Morgan fingerprint density at radius 3 is 2.47 bits per heavy atom. The first-order chi connectivity index (χ1) is 17.8. The number of aliphatic hydroxyl groups is 4. The minimum absolute atomic E-state index is 0.0106. The Labute approximate surface area is 223 Å². The number of esters is 1. The van der Waals surface area contributed by atoms with Gasteiger partial charge >= 0.3 is 5.97 Å². The van der Waals surface area contributed by atoms with E-state index >= 15 is 0 Å². The first kappa shape index (κ1) is 25.9. The molecule has 9 nitrogen and oxygen atoms in total. The van der Waals surface area contributed by atoms with Gasteiger partial charge in [-0.15, -0.1) is 0 Å². The van der Waals surface area contributed by atoms with Crippen molar-refractivity contribution in [2.75, 3.05) is 6.61 Å². The van der Waals surface area contributed by atoms with Crippen molar-refractivity contribution < 1.29 is 44.2 Å². The summed E-state index contributed by atoms with van der Waals surface area (Å²) >= 11 is 0. The molecule has 3 heterocycles. The Morgan fingerprint density at radius 2 is 1.74 bits per heavy atom. The summed E-state index contributed by atoms with van der Waals surface area (Å²) in [5.41, 5.74) is -2.64. The van der Waals surface area contributed by atoms with Gasteiger partial charge in [0, 0.05) is 23.5 Å². The molecule has 7 rings (SSSR count). The van der Waals surface area contributed by atoms with E-state index in [1.807, 2.05) is 13.8 Å². The van der Waals surface area contributed by atoms with Crippen molar-refractivity contribution in [2.24, 2.45) is 28.6 Å². The molecule has 0 aromatic rings. The van der Waals surface area contributed by atoms with E-state index in [2.05, 4.69) is 6.92 Å². The molecule has 7 aliphatic rings. The van der Waals surface area contributed by atoms with E-state index in [9.17, 15) is 25.2 Å². The van der Waals surface area contributed by atoms with Crippen LogP contribution in [-0.4, -0.2) is 80.7 Å². The molecule has 0 radical (unpaired) electrons. The zero-order valence-electron chi connectivity index (χ0n) is 22.6. The van der Waals surface area contributed by atoms with E-state index < -0.39 is 40.8 Å². The van der Waals surface area contributed by atoms with Crippen molar-refractivity contribution in [1.82, 2.24) is 0 Å². The second-order valence-corrected chi connectivity index (χ2v) is 14.0. The predicted molar refractivity (Wildman–Crippen MR) is 132 cm³/mol. The van der Waals surface area contributed by atoms with Gasteiger partial charge in [-0.2, -0.15) is 0 Å². The highest BCUT2D eigenvalue weighted by atomic mass is 16.8. The zero-order chi connectivity index (χ0) is 26.9.